The third kappa shape index (κ3) is 5.11. The summed E-state index contributed by atoms with van der Waals surface area (Å²) in [5, 5.41) is 0. The number of hydrogen-bond donors (Lipinski definition) is 0. The van der Waals surface area contributed by atoms with Crippen LogP contribution in [0.25, 0.3) is 33.4 Å². The van der Waals surface area contributed by atoms with Crippen molar-refractivity contribution in [2.75, 3.05) is 4.90 Å². The molecule has 1 nitrogen and oxygen atoms in total. The van der Waals surface area contributed by atoms with Gasteiger partial charge in [-0.3, -0.25) is 0 Å². The standard InChI is InChI=1S/C50H47N/c1-33-8-10-37(11-9-33)39-14-20-42(21-15-39)51(44-24-25-46-45-6-4-5-7-47(45)49(2,3)48(46)29-44)43-22-16-40(17-23-43)38-12-18-41(19-13-38)50-30-34-26-35(31-50)28-36(27-34)32-50/h4-25,29,34-36H,26-28,30-32H2,1-3H3. The van der Waals surface area contributed by atoms with Crippen LogP contribution in [0.5, 0.6) is 0 Å². The van der Waals surface area contributed by atoms with E-state index in [0.717, 1.165) is 23.4 Å². The van der Waals surface area contributed by atoms with Crippen molar-refractivity contribution in [2.45, 2.75) is 70.1 Å². The maximum atomic E-state index is 2.47. The van der Waals surface area contributed by atoms with Gasteiger partial charge in [-0.25, -0.2) is 0 Å². The van der Waals surface area contributed by atoms with Crippen LogP contribution >= 0.6 is 0 Å². The van der Waals surface area contributed by atoms with Gasteiger partial charge in [0.05, 0.1) is 0 Å². The number of hydrogen-bond acceptors (Lipinski definition) is 1. The summed E-state index contributed by atoms with van der Waals surface area (Å²) < 4.78 is 0. The molecule has 4 fully saturated rings. The van der Waals surface area contributed by atoms with Crippen LogP contribution in [0, 0.1) is 24.7 Å². The first-order chi connectivity index (χ1) is 24.8. The quantitative estimate of drug-likeness (QED) is 0.172. The Labute approximate surface area is 304 Å². The van der Waals surface area contributed by atoms with Crippen LogP contribution in [0.3, 0.4) is 0 Å². The van der Waals surface area contributed by atoms with Gasteiger partial charge in [0.1, 0.15) is 0 Å². The Bertz CT molecular complexity index is 2200. The van der Waals surface area contributed by atoms with E-state index in [4.69, 9.17) is 0 Å². The molecule has 11 rings (SSSR count). The summed E-state index contributed by atoms with van der Waals surface area (Å²) in [6.07, 6.45) is 8.74. The second-order valence-electron chi connectivity index (χ2n) is 17.0. The maximum absolute atomic E-state index is 2.47. The molecule has 0 aliphatic heterocycles. The fourth-order valence-electron chi connectivity index (χ4n) is 11.1. The van der Waals surface area contributed by atoms with E-state index in [9.17, 15) is 0 Å². The summed E-state index contributed by atoms with van der Waals surface area (Å²) in [6.45, 7) is 6.88. The zero-order valence-corrected chi connectivity index (χ0v) is 30.2. The van der Waals surface area contributed by atoms with Crippen molar-refractivity contribution < 1.29 is 0 Å². The SMILES string of the molecule is Cc1ccc(-c2ccc(N(c3ccc(-c4ccc(C56CC7CC(CC(C7)C5)C6)cc4)cc3)c3ccc4c(c3)C(C)(C)c3ccccc3-4)cc2)cc1. The third-order valence-corrected chi connectivity index (χ3v) is 13.3. The third-order valence-electron chi connectivity index (χ3n) is 13.3. The molecule has 5 aliphatic rings. The highest BCUT2D eigenvalue weighted by Gasteiger charge is 2.51. The second-order valence-corrected chi connectivity index (χ2v) is 17.0. The monoisotopic (exact) mass is 661 g/mol. The zero-order chi connectivity index (χ0) is 34.3. The minimum Gasteiger partial charge on any atom is -0.310 e. The van der Waals surface area contributed by atoms with Gasteiger partial charge in [-0.1, -0.05) is 123 Å². The Hall–Kier alpha value is -4.88. The molecule has 252 valence electrons. The number of nitrogens with zero attached hydrogens (tertiary/aromatic N) is 1. The molecule has 0 atom stereocenters. The van der Waals surface area contributed by atoms with Crippen LogP contribution in [-0.2, 0) is 10.8 Å². The lowest BCUT2D eigenvalue weighted by molar-refractivity contribution is -0.00518. The van der Waals surface area contributed by atoms with Crippen LogP contribution in [0.2, 0.25) is 0 Å². The van der Waals surface area contributed by atoms with Gasteiger partial charge in [0.25, 0.3) is 0 Å². The topological polar surface area (TPSA) is 3.24 Å². The number of fused-ring (bicyclic) bond motifs is 3. The number of anilines is 3. The lowest BCUT2D eigenvalue weighted by atomic mass is 9.48. The van der Waals surface area contributed by atoms with Gasteiger partial charge in [0.2, 0.25) is 0 Å². The lowest BCUT2D eigenvalue weighted by Gasteiger charge is -2.57. The molecule has 0 radical (unpaired) electrons. The van der Waals surface area contributed by atoms with E-state index in [-0.39, 0.29) is 5.41 Å². The summed E-state index contributed by atoms with van der Waals surface area (Å²) in [4.78, 5) is 2.43. The molecular weight excluding hydrogens is 615 g/mol. The first-order valence-electron chi connectivity index (χ1n) is 19.3. The van der Waals surface area contributed by atoms with E-state index >= 15 is 0 Å². The minimum atomic E-state index is -0.0604. The van der Waals surface area contributed by atoms with E-state index in [1.54, 1.807) is 5.56 Å². The average molecular weight is 662 g/mol. The van der Waals surface area contributed by atoms with Crippen molar-refractivity contribution in [3.63, 3.8) is 0 Å². The molecule has 51 heavy (non-hydrogen) atoms. The van der Waals surface area contributed by atoms with Gasteiger partial charge in [-0.05, 0) is 155 Å². The molecule has 0 spiro atoms. The van der Waals surface area contributed by atoms with Crippen LogP contribution in [0.15, 0.2) is 140 Å². The molecule has 4 saturated carbocycles. The van der Waals surface area contributed by atoms with Crippen LogP contribution < -0.4 is 4.90 Å². The van der Waals surface area contributed by atoms with E-state index in [1.807, 2.05) is 0 Å². The van der Waals surface area contributed by atoms with Gasteiger partial charge in [0, 0.05) is 22.5 Å². The fourth-order valence-corrected chi connectivity index (χ4v) is 11.1. The van der Waals surface area contributed by atoms with Crippen molar-refractivity contribution in [3.8, 4) is 33.4 Å². The Balaban J connectivity index is 0.998. The molecule has 0 N–H and O–H groups in total. The highest BCUT2D eigenvalue weighted by molar-refractivity contribution is 5.86. The first-order valence-corrected chi connectivity index (χ1v) is 19.3. The largest absolute Gasteiger partial charge is 0.310 e. The van der Waals surface area contributed by atoms with E-state index in [1.165, 1.54) is 100.0 Å². The Kier molecular flexibility index (Phi) is 7.01. The van der Waals surface area contributed by atoms with Gasteiger partial charge in [0.15, 0.2) is 0 Å². The van der Waals surface area contributed by atoms with Gasteiger partial charge >= 0.3 is 0 Å². The van der Waals surface area contributed by atoms with Crippen molar-refractivity contribution in [2.24, 2.45) is 17.8 Å². The molecule has 1 heteroatoms. The molecule has 0 unspecified atom stereocenters. The summed E-state index contributed by atoms with van der Waals surface area (Å²) >= 11 is 0. The average Bonchev–Trinajstić information content (AvgIpc) is 3.38. The molecule has 5 aliphatic carbocycles. The number of aryl methyl sites for hydroxylation is 1. The Morgan fingerprint density at radius 1 is 0.471 bits per heavy atom. The molecule has 0 amide bonds. The van der Waals surface area contributed by atoms with Crippen LogP contribution in [0.1, 0.15) is 74.6 Å². The molecule has 0 saturated heterocycles. The van der Waals surface area contributed by atoms with Gasteiger partial charge in [-0.15, -0.1) is 0 Å². The number of benzene rings is 6. The summed E-state index contributed by atoms with van der Waals surface area (Å²) in [5.41, 5.74) is 17.3. The van der Waals surface area contributed by atoms with Crippen LogP contribution in [0.4, 0.5) is 17.1 Å². The Morgan fingerprint density at radius 2 is 0.922 bits per heavy atom. The fraction of sp³-hybridized carbons (Fsp3) is 0.280. The first kappa shape index (κ1) is 30.9. The zero-order valence-electron chi connectivity index (χ0n) is 30.2. The normalized spacial score (nSPS) is 23.5. The summed E-state index contributed by atoms with van der Waals surface area (Å²) in [5.74, 6) is 2.91. The van der Waals surface area contributed by atoms with E-state index < -0.39 is 0 Å². The van der Waals surface area contributed by atoms with Crippen molar-refractivity contribution in [1.29, 1.82) is 0 Å². The van der Waals surface area contributed by atoms with Crippen molar-refractivity contribution in [3.05, 3.63) is 162 Å². The number of rotatable bonds is 6. The smallest absolute Gasteiger partial charge is 0.0465 e. The molecule has 0 heterocycles. The predicted molar refractivity (Wildman–Crippen MR) is 214 cm³/mol. The lowest BCUT2D eigenvalue weighted by Crippen LogP contribution is -2.48. The predicted octanol–water partition coefficient (Wildman–Crippen LogP) is 13.6. The molecular formula is C50H47N. The van der Waals surface area contributed by atoms with Gasteiger partial charge < -0.3 is 4.90 Å². The highest BCUT2D eigenvalue weighted by Crippen LogP contribution is 2.61. The second kappa shape index (κ2) is 11.6. The molecule has 4 bridgehead atoms. The van der Waals surface area contributed by atoms with Gasteiger partial charge in [-0.2, -0.15) is 0 Å². The van der Waals surface area contributed by atoms with Crippen molar-refractivity contribution >= 4 is 17.1 Å². The minimum absolute atomic E-state index is 0.0604. The van der Waals surface area contributed by atoms with E-state index in [2.05, 4.69) is 165 Å². The molecule has 0 aromatic heterocycles. The van der Waals surface area contributed by atoms with E-state index in [0.29, 0.717) is 5.41 Å². The van der Waals surface area contributed by atoms with Crippen LogP contribution in [-0.4, -0.2) is 0 Å². The summed E-state index contributed by atoms with van der Waals surface area (Å²) in [7, 11) is 0. The highest BCUT2D eigenvalue weighted by atomic mass is 15.1. The van der Waals surface area contributed by atoms with Crippen molar-refractivity contribution in [1.82, 2.24) is 0 Å². The molecule has 6 aromatic rings. The Morgan fingerprint density at radius 3 is 1.47 bits per heavy atom. The molecule has 6 aromatic carbocycles. The summed E-state index contributed by atoms with van der Waals surface area (Å²) in [6, 6.07) is 52.9. The maximum Gasteiger partial charge on any atom is 0.0465 e.